The average molecular weight is 426 g/mol. The third kappa shape index (κ3) is 22.7. The van der Waals surface area contributed by atoms with Gasteiger partial charge in [0.25, 0.3) is 0 Å². The minimum absolute atomic E-state index is 0.114. The first-order valence-corrected chi connectivity index (χ1v) is 11.0. The van der Waals surface area contributed by atoms with Gasteiger partial charge in [0.15, 0.2) is 5.78 Å². The molecule has 1 amide bonds. The van der Waals surface area contributed by atoms with Gasteiger partial charge in [-0.25, -0.2) is 0 Å². The summed E-state index contributed by atoms with van der Waals surface area (Å²) in [6.45, 7) is 18.4. The topological polar surface area (TPSA) is 118 Å². The van der Waals surface area contributed by atoms with Crippen molar-refractivity contribution in [2.24, 2.45) is 0 Å². The maximum absolute atomic E-state index is 11.0. The van der Waals surface area contributed by atoms with Crippen LogP contribution in [0.3, 0.4) is 0 Å². The molecule has 0 fully saturated rings. The summed E-state index contributed by atoms with van der Waals surface area (Å²) in [6, 6.07) is 0. The number of hydrogen-bond donors (Lipinski definition) is 7. The molecule has 0 bridgehead atoms. The molecule has 0 aliphatic carbocycles. The average Bonchev–Trinajstić information content (AvgIpc) is 2.76. The Bertz CT molecular complexity index is 407. The summed E-state index contributed by atoms with van der Waals surface area (Å²) in [5.74, 6) is -0.0194. The molecule has 0 unspecified atom stereocenters. The minimum atomic E-state index is -0.134. The summed E-state index contributed by atoms with van der Waals surface area (Å²) in [5.41, 5.74) is 0. The Kier molecular flexibility index (Phi) is 22.4. The second kappa shape index (κ2) is 23.7. The number of amides is 1. The maximum Gasteiger partial charge on any atom is 0.243 e. The Balaban J connectivity index is 3.06. The van der Waals surface area contributed by atoms with Crippen molar-refractivity contribution in [1.82, 2.24) is 37.2 Å². The van der Waals surface area contributed by atoms with Gasteiger partial charge in [-0.2, -0.15) is 0 Å². The van der Waals surface area contributed by atoms with Crippen LogP contribution in [0, 0.1) is 0 Å². The van der Waals surface area contributed by atoms with Crippen LogP contribution in [-0.2, 0) is 9.59 Å². The minimum Gasteiger partial charge on any atom is -0.351 e. The number of rotatable bonds is 24. The molecule has 0 aromatic rings. The molecular formula is C21H43N7O2. The van der Waals surface area contributed by atoms with Crippen molar-refractivity contribution in [3.63, 3.8) is 0 Å². The Morgan fingerprint density at radius 2 is 0.900 bits per heavy atom. The van der Waals surface area contributed by atoms with Gasteiger partial charge in [0.1, 0.15) is 0 Å². The van der Waals surface area contributed by atoms with Crippen LogP contribution in [-0.4, -0.2) is 96.8 Å². The van der Waals surface area contributed by atoms with Gasteiger partial charge in [-0.05, 0) is 25.1 Å². The third-order valence-electron chi connectivity index (χ3n) is 4.18. The zero-order valence-electron chi connectivity index (χ0n) is 18.5. The highest BCUT2D eigenvalue weighted by Gasteiger charge is 1.95. The molecule has 0 heterocycles. The predicted molar refractivity (Wildman–Crippen MR) is 125 cm³/mol. The van der Waals surface area contributed by atoms with Crippen molar-refractivity contribution < 1.29 is 9.59 Å². The highest BCUT2D eigenvalue weighted by Crippen LogP contribution is 1.89. The molecule has 174 valence electrons. The molecular weight excluding hydrogens is 382 g/mol. The lowest BCUT2D eigenvalue weighted by atomic mass is 10.2. The van der Waals surface area contributed by atoms with E-state index in [1.54, 1.807) is 0 Å². The molecule has 0 saturated carbocycles. The summed E-state index contributed by atoms with van der Waals surface area (Å²) < 4.78 is 0. The number of carbonyl (C=O) groups excluding carboxylic acids is 2. The SMILES string of the molecule is C=CC(=O)CCCNCCNCCNCCNCCNCCNCCNC(=O)C=C. The van der Waals surface area contributed by atoms with Gasteiger partial charge in [0.05, 0.1) is 0 Å². The van der Waals surface area contributed by atoms with E-state index in [1.807, 2.05) is 0 Å². The van der Waals surface area contributed by atoms with E-state index < -0.39 is 0 Å². The molecule has 0 aliphatic rings. The second-order valence-electron chi connectivity index (χ2n) is 6.77. The van der Waals surface area contributed by atoms with E-state index in [4.69, 9.17) is 0 Å². The van der Waals surface area contributed by atoms with Crippen molar-refractivity contribution >= 4 is 11.7 Å². The lowest BCUT2D eigenvalue weighted by Crippen LogP contribution is -2.38. The van der Waals surface area contributed by atoms with Crippen LogP contribution in [0.4, 0.5) is 0 Å². The maximum atomic E-state index is 11.0. The molecule has 0 saturated heterocycles. The number of nitrogens with one attached hydrogen (secondary N) is 7. The summed E-state index contributed by atoms with van der Waals surface area (Å²) in [7, 11) is 0. The van der Waals surface area contributed by atoms with Gasteiger partial charge in [0.2, 0.25) is 5.91 Å². The predicted octanol–water partition coefficient (Wildman–Crippen LogP) is -1.64. The molecule has 0 aromatic carbocycles. The lowest BCUT2D eigenvalue weighted by molar-refractivity contribution is -0.116. The Morgan fingerprint density at radius 3 is 1.27 bits per heavy atom. The van der Waals surface area contributed by atoms with Gasteiger partial charge < -0.3 is 37.2 Å². The Hall–Kier alpha value is -1.62. The molecule has 9 nitrogen and oxygen atoms in total. The third-order valence-corrected chi connectivity index (χ3v) is 4.18. The van der Waals surface area contributed by atoms with E-state index in [0.29, 0.717) is 13.0 Å². The van der Waals surface area contributed by atoms with Crippen molar-refractivity contribution in [1.29, 1.82) is 0 Å². The first-order valence-electron chi connectivity index (χ1n) is 11.0. The Labute approximate surface area is 182 Å². The van der Waals surface area contributed by atoms with Crippen LogP contribution in [0.1, 0.15) is 12.8 Å². The summed E-state index contributed by atoms with van der Waals surface area (Å²) in [6.07, 6.45) is 4.11. The van der Waals surface area contributed by atoms with Gasteiger partial charge >= 0.3 is 0 Å². The number of hydrogen-bond acceptors (Lipinski definition) is 8. The van der Waals surface area contributed by atoms with Crippen LogP contribution in [0.25, 0.3) is 0 Å². The highest BCUT2D eigenvalue weighted by molar-refractivity contribution is 5.88. The molecule has 0 atom stereocenters. The fraction of sp³-hybridized carbons (Fsp3) is 0.714. The van der Waals surface area contributed by atoms with Gasteiger partial charge in [0, 0.05) is 85.0 Å². The standard InChI is InChI=1S/C21H43N7O2/c1-3-20(29)6-5-7-22-8-9-23-10-11-24-12-13-25-14-15-26-16-17-27-18-19-28-21(30)4-2/h3-4,22-27H,1-2,5-19H2,(H,28,30). The highest BCUT2D eigenvalue weighted by atomic mass is 16.1. The van der Waals surface area contributed by atoms with Crippen molar-refractivity contribution in [2.45, 2.75) is 12.8 Å². The van der Waals surface area contributed by atoms with Crippen LogP contribution < -0.4 is 37.2 Å². The largest absolute Gasteiger partial charge is 0.351 e. The molecule has 0 rings (SSSR count). The van der Waals surface area contributed by atoms with E-state index in [9.17, 15) is 9.59 Å². The lowest BCUT2D eigenvalue weighted by Gasteiger charge is -2.09. The fourth-order valence-corrected chi connectivity index (χ4v) is 2.47. The number of carbonyl (C=O) groups is 2. The number of ketones is 1. The van der Waals surface area contributed by atoms with Crippen LogP contribution in [0.2, 0.25) is 0 Å². The molecule has 0 spiro atoms. The smallest absolute Gasteiger partial charge is 0.243 e. The molecule has 0 radical (unpaired) electrons. The zero-order chi connectivity index (χ0) is 22.1. The fourth-order valence-electron chi connectivity index (χ4n) is 2.47. The van der Waals surface area contributed by atoms with Gasteiger partial charge in [-0.3, -0.25) is 9.59 Å². The first-order chi connectivity index (χ1) is 14.7. The monoisotopic (exact) mass is 425 g/mol. The van der Waals surface area contributed by atoms with Crippen LogP contribution >= 0.6 is 0 Å². The van der Waals surface area contributed by atoms with Crippen molar-refractivity contribution in [2.75, 3.05) is 85.1 Å². The summed E-state index contributed by atoms with van der Waals surface area (Å²) in [4.78, 5) is 22.0. The first kappa shape index (κ1) is 28.4. The van der Waals surface area contributed by atoms with E-state index in [2.05, 4.69) is 50.4 Å². The van der Waals surface area contributed by atoms with E-state index in [-0.39, 0.29) is 11.7 Å². The van der Waals surface area contributed by atoms with Crippen LogP contribution in [0.15, 0.2) is 25.3 Å². The molecule has 0 aliphatic heterocycles. The van der Waals surface area contributed by atoms with Crippen molar-refractivity contribution in [3.05, 3.63) is 25.3 Å². The summed E-state index contributed by atoms with van der Waals surface area (Å²) in [5, 5.41) is 22.8. The van der Waals surface area contributed by atoms with Gasteiger partial charge in [-0.1, -0.05) is 13.2 Å². The van der Waals surface area contributed by atoms with Crippen LogP contribution in [0.5, 0.6) is 0 Å². The molecule has 7 N–H and O–H groups in total. The molecule has 0 aromatic heterocycles. The van der Waals surface area contributed by atoms with E-state index in [0.717, 1.165) is 85.0 Å². The molecule has 9 heteroatoms. The van der Waals surface area contributed by atoms with Gasteiger partial charge in [-0.15, -0.1) is 0 Å². The summed E-state index contributed by atoms with van der Waals surface area (Å²) >= 11 is 0. The number of allylic oxidation sites excluding steroid dienone is 1. The molecule has 30 heavy (non-hydrogen) atoms. The normalized spacial score (nSPS) is 10.7. The van der Waals surface area contributed by atoms with E-state index >= 15 is 0 Å². The Morgan fingerprint density at radius 1 is 0.533 bits per heavy atom. The van der Waals surface area contributed by atoms with Crippen molar-refractivity contribution in [3.8, 4) is 0 Å². The zero-order valence-corrected chi connectivity index (χ0v) is 18.5. The van der Waals surface area contributed by atoms with E-state index in [1.165, 1.54) is 12.2 Å². The second-order valence-corrected chi connectivity index (χ2v) is 6.77. The quantitative estimate of drug-likeness (QED) is 0.0727.